The summed E-state index contributed by atoms with van der Waals surface area (Å²) < 4.78 is 60.5. The van der Waals surface area contributed by atoms with Gasteiger partial charge in [0.15, 0.2) is 0 Å². The van der Waals surface area contributed by atoms with Crippen LogP contribution in [-0.2, 0) is 54.0 Å². The molecule has 0 fully saturated rings. The quantitative estimate of drug-likeness (QED) is 0.0911. The molecule has 0 bridgehead atoms. The molecule has 0 radical (unpaired) electrons. The molecule has 12 heteroatoms. The maximum Gasteiger partial charge on any atom is 0.142 e. The van der Waals surface area contributed by atoms with Crippen molar-refractivity contribution in [2.75, 3.05) is 138 Å². The minimum atomic E-state index is 0.439. The van der Waals surface area contributed by atoms with Crippen molar-refractivity contribution in [2.24, 2.45) is 0 Å². The Labute approximate surface area is 268 Å². The van der Waals surface area contributed by atoms with Crippen LogP contribution in [0.25, 0.3) is 0 Å². The Hall–Kier alpha value is -2.36. The number of rotatable bonds is 33. The van der Waals surface area contributed by atoms with Gasteiger partial charge in [0.25, 0.3) is 0 Å². The summed E-state index contributed by atoms with van der Waals surface area (Å²) in [5, 5.41) is 0. The SMILES string of the molecule is Nc1ccccc1OCCOCCOCCOCCOCCOCCOCCOCCOCCOCCOCc1ccccc1. The van der Waals surface area contributed by atoms with Gasteiger partial charge in [-0.3, -0.25) is 0 Å². The lowest BCUT2D eigenvalue weighted by Crippen LogP contribution is -2.15. The van der Waals surface area contributed by atoms with Gasteiger partial charge >= 0.3 is 0 Å². The van der Waals surface area contributed by atoms with Crippen LogP contribution in [0.2, 0.25) is 0 Å². The normalized spacial score (nSPS) is 11.3. The van der Waals surface area contributed by atoms with E-state index in [0.29, 0.717) is 150 Å². The zero-order valence-corrected chi connectivity index (χ0v) is 26.6. The first-order valence-corrected chi connectivity index (χ1v) is 15.6. The molecule has 0 aromatic heterocycles. The standard InChI is InChI=1S/C33H53NO11/c34-32-8-4-5-9-33(32)45-29-28-43-25-24-41-21-20-39-17-16-37-13-12-35-10-11-36-14-15-38-18-19-40-22-23-42-26-27-44-30-31-6-2-1-3-7-31/h1-9H,10-30,34H2. The monoisotopic (exact) mass is 639 g/mol. The van der Waals surface area contributed by atoms with Gasteiger partial charge in [-0.2, -0.15) is 0 Å². The van der Waals surface area contributed by atoms with Crippen LogP contribution in [0.4, 0.5) is 5.69 Å². The first-order chi connectivity index (χ1) is 22.4. The molecular formula is C33H53NO11. The van der Waals surface area contributed by atoms with Crippen LogP contribution in [0.1, 0.15) is 5.56 Å². The van der Waals surface area contributed by atoms with E-state index >= 15 is 0 Å². The number of hydrogen-bond donors (Lipinski definition) is 1. The van der Waals surface area contributed by atoms with Crippen molar-refractivity contribution in [1.82, 2.24) is 0 Å². The third-order valence-electron chi connectivity index (χ3n) is 5.86. The van der Waals surface area contributed by atoms with Crippen LogP contribution in [-0.4, -0.2) is 132 Å². The van der Waals surface area contributed by atoms with Crippen molar-refractivity contribution in [3.63, 3.8) is 0 Å². The summed E-state index contributed by atoms with van der Waals surface area (Å²) in [5.74, 6) is 0.669. The van der Waals surface area contributed by atoms with Gasteiger partial charge in [-0.1, -0.05) is 42.5 Å². The van der Waals surface area contributed by atoms with Gasteiger partial charge in [-0.05, 0) is 17.7 Å². The Morgan fingerprint density at radius 3 is 1.02 bits per heavy atom. The van der Waals surface area contributed by atoms with E-state index in [2.05, 4.69) is 0 Å². The van der Waals surface area contributed by atoms with E-state index in [0.717, 1.165) is 5.56 Å². The summed E-state index contributed by atoms with van der Waals surface area (Å²) in [7, 11) is 0. The highest BCUT2D eigenvalue weighted by molar-refractivity contribution is 5.51. The van der Waals surface area contributed by atoms with Crippen molar-refractivity contribution in [2.45, 2.75) is 6.61 Å². The maximum atomic E-state index is 5.82. The van der Waals surface area contributed by atoms with Crippen LogP contribution >= 0.6 is 0 Å². The van der Waals surface area contributed by atoms with Crippen LogP contribution in [0.15, 0.2) is 54.6 Å². The molecular weight excluding hydrogens is 586 g/mol. The first-order valence-electron chi connectivity index (χ1n) is 15.6. The molecule has 0 amide bonds. The average Bonchev–Trinajstić information content (AvgIpc) is 3.06. The lowest BCUT2D eigenvalue weighted by molar-refractivity contribution is -0.0269. The molecule has 2 aromatic carbocycles. The molecule has 0 heterocycles. The molecule has 0 saturated heterocycles. The zero-order chi connectivity index (χ0) is 31.7. The number of benzene rings is 2. The van der Waals surface area contributed by atoms with Gasteiger partial charge in [0.05, 0.1) is 138 Å². The van der Waals surface area contributed by atoms with E-state index in [-0.39, 0.29) is 0 Å². The van der Waals surface area contributed by atoms with E-state index in [1.807, 2.05) is 48.5 Å². The van der Waals surface area contributed by atoms with Crippen molar-refractivity contribution >= 4 is 5.69 Å². The number of hydrogen-bond acceptors (Lipinski definition) is 12. The highest BCUT2D eigenvalue weighted by Gasteiger charge is 1.99. The molecule has 12 nitrogen and oxygen atoms in total. The highest BCUT2D eigenvalue weighted by atomic mass is 16.6. The van der Waals surface area contributed by atoms with E-state index in [9.17, 15) is 0 Å². The number of nitrogens with two attached hydrogens (primary N) is 1. The minimum Gasteiger partial charge on any atom is -0.489 e. The third kappa shape index (κ3) is 24.5. The third-order valence-corrected chi connectivity index (χ3v) is 5.86. The van der Waals surface area contributed by atoms with Crippen LogP contribution in [0.5, 0.6) is 5.75 Å². The molecule has 0 saturated carbocycles. The van der Waals surface area contributed by atoms with E-state index in [4.69, 9.17) is 57.8 Å². The molecule has 0 atom stereocenters. The van der Waals surface area contributed by atoms with Gasteiger partial charge < -0.3 is 57.8 Å². The molecule has 0 unspecified atom stereocenters. The van der Waals surface area contributed by atoms with Crippen molar-refractivity contribution in [1.29, 1.82) is 0 Å². The van der Waals surface area contributed by atoms with Gasteiger partial charge in [-0.25, -0.2) is 0 Å². The van der Waals surface area contributed by atoms with Gasteiger partial charge in [0.2, 0.25) is 0 Å². The minimum absolute atomic E-state index is 0.439. The van der Waals surface area contributed by atoms with Gasteiger partial charge in [0.1, 0.15) is 12.4 Å². The Bertz CT molecular complexity index is 894. The number of ether oxygens (including phenoxy) is 11. The molecule has 2 aromatic rings. The summed E-state index contributed by atoms with van der Waals surface area (Å²) in [6.07, 6.45) is 0. The first kappa shape index (κ1) is 38.8. The second kappa shape index (κ2) is 30.3. The predicted octanol–water partition coefficient (Wildman–Crippen LogP) is 3.01. The molecule has 2 rings (SSSR count). The summed E-state index contributed by atoms with van der Waals surface area (Å²) >= 11 is 0. The van der Waals surface area contributed by atoms with E-state index in [1.165, 1.54) is 0 Å². The predicted molar refractivity (Wildman–Crippen MR) is 170 cm³/mol. The highest BCUT2D eigenvalue weighted by Crippen LogP contribution is 2.19. The zero-order valence-electron chi connectivity index (χ0n) is 26.6. The Kier molecular flexibility index (Phi) is 26.1. The van der Waals surface area contributed by atoms with Crippen molar-refractivity contribution in [3.8, 4) is 5.75 Å². The summed E-state index contributed by atoms with van der Waals surface area (Å²) in [6.45, 7) is 10.8. The lowest BCUT2D eigenvalue weighted by Gasteiger charge is -2.09. The topological polar surface area (TPSA) is 128 Å². The Balaban J connectivity index is 1.15. The van der Waals surface area contributed by atoms with Crippen LogP contribution < -0.4 is 10.5 Å². The van der Waals surface area contributed by atoms with E-state index in [1.54, 1.807) is 6.07 Å². The largest absolute Gasteiger partial charge is 0.489 e. The molecule has 0 aliphatic carbocycles. The molecule has 45 heavy (non-hydrogen) atoms. The Morgan fingerprint density at radius 1 is 0.333 bits per heavy atom. The molecule has 0 spiro atoms. The molecule has 0 aliphatic heterocycles. The fourth-order valence-electron chi connectivity index (χ4n) is 3.57. The van der Waals surface area contributed by atoms with Crippen molar-refractivity contribution < 1.29 is 52.1 Å². The second-order valence-electron chi connectivity index (χ2n) is 9.44. The van der Waals surface area contributed by atoms with E-state index < -0.39 is 0 Å². The Morgan fingerprint density at radius 2 is 0.644 bits per heavy atom. The van der Waals surface area contributed by atoms with Crippen molar-refractivity contribution in [3.05, 3.63) is 60.2 Å². The second-order valence-corrected chi connectivity index (χ2v) is 9.44. The van der Waals surface area contributed by atoms with Gasteiger partial charge in [-0.15, -0.1) is 0 Å². The molecule has 256 valence electrons. The van der Waals surface area contributed by atoms with Crippen LogP contribution in [0, 0.1) is 0 Å². The molecule has 2 N–H and O–H groups in total. The number of anilines is 1. The van der Waals surface area contributed by atoms with Crippen LogP contribution in [0.3, 0.4) is 0 Å². The lowest BCUT2D eigenvalue weighted by atomic mass is 10.2. The number of para-hydroxylation sites is 2. The summed E-state index contributed by atoms with van der Waals surface area (Å²) in [4.78, 5) is 0. The summed E-state index contributed by atoms with van der Waals surface area (Å²) in [6, 6.07) is 17.5. The fourth-order valence-corrected chi connectivity index (χ4v) is 3.57. The molecule has 0 aliphatic rings. The summed E-state index contributed by atoms with van der Waals surface area (Å²) in [5.41, 5.74) is 7.60. The number of nitrogen functional groups attached to an aromatic ring is 1. The fraction of sp³-hybridized carbons (Fsp3) is 0.636. The maximum absolute atomic E-state index is 5.82. The average molecular weight is 640 g/mol. The van der Waals surface area contributed by atoms with Gasteiger partial charge in [0, 0.05) is 0 Å². The smallest absolute Gasteiger partial charge is 0.142 e.